The first kappa shape index (κ1) is 9.58. The SMILES string of the molecule is CC1=NOC(=O)/C1=C/c1ccc(F)cc1. The van der Waals surface area contributed by atoms with Crippen molar-refractivity contribution in [1.29, 1.82) is 0 Å². The molecule has 0 bridgehead atoms. The largest absolute Gasteiger partial charge is 0.367 e. The molecule has 0 aliphatic carbocycles. The summed E-state index contributed by atoms with van der Waals surface area (Å²) < 4.78 is 12.6. The highest BCUT2D eigenvalue weighted by Gasteiger charge is 2.21. The van der Waals surface area contributed by atoms with E-state index in [1.165, 1.54) is 12.1 Å². The second-order valence-electron chi connectivity index (χ2n) is 3.17. The van der Waals surface area contributed by atoms with Crippen LogP contribution in [0, 0.1) is 5.82 Å². The molecule has 0 N–H and O–H groups in total. The number of hydrogen-bond acceptors (Lipinski definition) is 3. The third-order valence-corrected chi connectivity index (χ3v) is 2.06. The van der Waals surface area contributed by atoms with Gasteiger partial charge in [0.1, 0.15) is 5.82 Å². The summed E-state index contributed by atoms with van der Waals surface area (Å²) >= 11 is 0. The second kappa shape index (κ2) is 3.65. The van der Waals surface area contributed by atoms with E-state index in [9.17, 15) is 9.18 Å². The summed E-state index contributed by atoms with van der Waals surface area (Å²) in [5.74, 6) is -0.784. The summed E-state index contributed by atoms with van der Waals surface area (Å²) in [6, 6.07) is 5.83. The fourth-order valence-corrected chi connectivity index (χ4v) is 1.25. The maximum absolute atomic E-state index is 12.6. The topological polar surface area (TPSA) is 38.7 Å². The van der Waals surface area contributed by atoms with Gasteiger partial charge in [-0.15, -0.1) is 0 Å². The summed E-state index contributed by atoms with van der Waals surface area (Å²) in [6.07, 6.45) is 1.62. The molecule has 0 saturated carbocycles. The molecular formula is C11H8FNO2. The van der Waals surface area contributed by atoms with Crippen molar-refractivity contribution >= 4 is 17.8 Å². The molecule has 0 saturated heterocycles. The van der Waals surface area contributed by atoms with Crippen LogP contribution in [0.3, 0.4) is 0 Å². The summed E-state index contributed by atoms with van der Waals surface area (Å²) in [7, 11) is 0. The van der Waals surface area contributed by atoms with Crippen LogP contribution in [0.1, 0.15) is 12.5 Å². The lowest BCUT2D eigenvalue weighted by atomic mass is 10.1. The molecule has 0 atom stereocenters. The predicted molar refractivity (Wildman–Crippen MR) is 53.6 cm³/mol. The Morgan fingerprint density at radius 3 is 2.53 bits per heavy atom. The molecule has 15 heavy (non-hydrogen) atoms. The van der Waals surface area contributed by atoms with Crippen molar-refractivity contribution in [2.75, 3.05) is 0 Å². The van der Waals surface area contributed by atoms with E-state index in [0.717, 1.165) is 5.56 Å². The molecule has 0 amide bonds. The standard InChI is InChI=1S/C11H8FNO2/c1-7-10(11(14)15-13-7)6-8-2-4-9(12)5-3-8/h2-6H,1H3/b10-6+. The van der Waals surface area contributed by atoms with Crippen LogP contribution >= 0.6 is 0 Å². The van der Waals surface area contributed by atoms with E-state index < -0.39 is 5.97 Å². The molecule has 0 spiro atoms. The monoisotopic (exact) mass is 205 g/mol. The predicted octanol–water partition coefficient (Wildman–Crippen LogP) is 2.14. The molecular weight excluding hydrogens is 197 g/mol. The minimum atomic E-state index is -0.475. The molecule has 0 fully saturated rings. The smallest absolute Gasteiger partial charge is 0.312 e. The summed E-state index contributed by atoms with van der Waals surface area (Å²) in [6.45, 7) is 1.68. The number of carbonyl (C=O) groups excluding carboxylic acids is 1. The number of hydrogen-bond donors (Lipinski definition) is 0. The molecule has 0 radical (unpaired) electrons. The van der Waals surface area contributed by atoms with Crippen molar-refractivity contribution in [3.8, 4) is 0 Å². The maximum atomic E-state index is 12.6. The molecule has 1 aromatic rings. The third-order valence-electron chi connectivity index (χ3n) is 2.06. The summed E-state index contributed by atoms with van der Waals surface area (Å²) in [5, 5.41) is 3.54. The van der Waals surface area contributed by atoms with Crippen LogP contribution in [0.4, 0.5) is 4.39 Å². The zero-order chi connectivity index (χ0) is 10.8. The van der Waals surface area contributed by atoms with Gasteiger partial charge >= 0.3 is 5.97 Å². The van der Waals surface area contributed by atoms with E-state index >= 15 is 0 Å². The van der Waals surface area contributed by atoms with Crippen LogP contribution in [-0.4, -0.2) is 11.7 Å². The van der Waals surface area contributed by atoms with Gasteiger partial charge < -0.3 is 4.84 Å². The molecule has 4 heteroatoms. The molecule has 1 aromatic carbocycles. The molecule has 3 nitrogen and oxygen atoms in total. The van der Waals surface area contributed by atoms with E-state index in [-0.39, 0.29) is 5.82 Å². The van der Waals surface area contributed by atoms with Gasteiger partial charge in [0.05, 0.1) is 11.3 Å². The highest BCUT2D eigenvalue weighted by atomic mass is 19.1. The number of carbonyl (C=O) groups is 1. The Balaban J connectivity index is 2.34. The Morgan fingerprint density at radius 2 is 2.00 bits per heavy atom. The molecule has 0 unspecified atom stereocenters. The van der Waals surface area contributed by atoms with Gasteiger partial charge in [-0.1, -0.05) is 17.3 Å². The van der Waals surface area contributed by atoms with Crippen LogP contribution in [0.5, 0.6) is 0 Å². The quantitative estimate of drug-likeness (QED) is 0.520. The van der Waals surface area contributed by atoms with Gasteiger partial charge in [-0.25, -0.2) is 9.18 Å². The Bertz CT molecular complexity index is 460. The zero-order valence-corrected chi connectivity index (χ0v) is 8.03. The number of oxime groups is 1. The van der Waals surface area contributed by atoms with Crippen molar-refractivity contribution in [2.24, 2.45) is 5.16 Å². The molecule has 0 aromatic heterocycles. The average molecular weight is 205 g/mol. The lowest BCUT2D eigenvalue weighted by Crippen LogP contribution is -2.01. The van der Waals surface area contributed by atoms with Crippen molar-refractivity contribution in [3.63, 3.8) is 0 Å². The Labute approximate surface area is 85.9 Å². The van der Waals surface area contributed by atoms with Gasteiger partial charge in [0, 0.05) is 0 Å². The first-order valence-electron chi connectivity index (χ1n) is 4.40. The van der Waals surface area contributed by atoms with Crippen molar-refractivity contribution in [2.45, 2.75) is 6.92 Å². The van der Waals surface area contributed by atoms with Crippen LogP contribution in [0.2, 0.25) is 0 Å². The first-order chi connectivity index (χ1) is 7.16. The summed E-state index contributed by atoms with van der Waals surface area (Å²) in [4.78, 5) is 15.7. The Hall–Kier alpha value is -1.97. The van der Waals surface area contributed by atoms with Crippen molar-refractivity contribution in [3.05, 3.63) is 41.2 Å². The van der Waals surface area contributed by atoms with Crippen molar-refractivity contribution < 1.29 is 14.0 Å². The van der Waals surface area contributed by atoms with E-state index in [4.69, 9.17) is 0 Å². The van der Waals surface area contributed by atoms with Gasteiger partial charge in [0.2, 0.25) is 0 Å². The highest BCUT2D eigenvalue weighted by molar-refractivity contribution is 6.24. The fourth-order valence-electron chi connectivity index (χ4n) is 1.25. The van der Waals surface area contributed by atoms with Crippen molar-refractivity contribution in [1.82, 2.24) is 0 Å². The number of nitrogens with zero attached hydrogens (tertiary/aromatic N) is 1. The van der Waals surface area contributed by atoms with E-state index in [1.807, 2.05) is 0 Å². The third kappa shape index (κ3) is 1.93. The number of rotatable bonds is 1. The van der Waals surface area contributed by atoms with Gasteiger partial charge in [-0.2, -0.15) is 0 Å². The molecule has 1 aliphatic rings. The zero-order valence-electron chi connectivity index (χ0n) is 8.03. The number of halogens is 1. The van der Waals surface area contributed by atoms with E-state index in [0.29, 0.717) is 11.3 Å². The minimum Gasteiger partial charge on any atom is -0.312 e. The fraction of sp³-hybridized carbons (Fsp3) is 0.0909. The normalized spacial score (nSPS) is 17.9. The van der Waals surface area contributed by atoms with Crippen LogP contribution in [-0.2, 0) is 9.63 Å². The molecule has 1 heterocycles. The van der Waals surface area contributed by atoms with E-state index in [2.05, 4.69) is 9.99 Å². The minimum absolute atomic E-state index is 0.309. The Morgan fingerprint density at radius 1 is 1.33 bits per heavy atom. The van der Waals surface area contributed by atoms with Crippen LogP contribution < -0.4 is 0 Å². The molecule has 1 aliphatic heterocycles. The van der Waals surface area contributed by atoms with Crippen LogP contribution in [0.15, 0.2) is 35.0 Å². The maximum Gasteiger partial charge on any atom is 0.367 e. The number of benzene rings is 1. The van der Waals surface area contributed by atoms with Gasteiger partial charge in [-0.3, -0.25) is 0 Å². The molecule has 76 valence electrons. The summed E-state index contributed by atoms with van der Waals surface area (Å²) in [5.41, 5.74) is 1.67. The van der Waals surface area contributed by atoms with Gasteiger partial charge in [0.25, 0.3) is 0 Å². The van der Waals surface area contributed by atoms with Crippen LogP contribution in [0.25, 0.3) is 6.08 Å². The second-order valence-corrected chi connectivity index (χ2v) is 3.17. The lowest BCUT2D eigenvalue weighted by molar-refractivity contribution is -0.136. The lowest BCUT2D eigenvalue weighted by Gasteiger charge is -1.95. The van der Waals surface area contributed by atoms with Gasteiger partial charge in [-0.05, 0) is 30.7 Å². The first-order valence-corrected chi connectivity index (χ1v) is 4.40. The molecule has 2 rings (SSSR count). The van der Waals surface area contributed by atoms with E-state index in [1.54, 1.807) is 25.1 Å². The highest BCUT2D eigenvalue weighted by Crippen LogP contribution is 2.15. The van der Waals surface area contributed by atoms with Gasteiger partial charge in [0.15, 0.2) is 0 Å². The average Bonchev–Trinajstić information content (AvgIpc) is 2.53. The Kier molecular flexibility index (Phi) is 2.33.